The van der Waals surface area contributed by atoms with Crippen molar-refractivity contribution >= 4 is 34.0 Å². The third-order valence-corrected chi connectivity index (χ3v) is 6.65. The molecule has 0 aliphatic heterocycles. The molecule has 1 aliphatic rings. The normalized spacial score (nSPS) is 14.5. The van der Waals surface area contributed by atoms with Crippen molar-refractivity contribution in [1.82, 2.24) is 0 Å². The van der Waals surface area contributed by atoms with Crippen LogP contribution in [0.15, 0.2) is 54.6 Å². The number of carbonyl (C=O) groups excluding carboxylic acids is 1. The van der Waals surface area contributed by atoms with Gasteiger partial charge < -0.3 is 15.7 Å². The Morgan fingerprint density at radius 1 is 1.05 bits per heavy atom. The second-order valence-corrected chi connectivity index (χ2v) is 9.51. The summed E-state index contributed by atoms with van der Waals surface area (Å²) in [5.41, 5.74) is 2.54. The van der Waals surface area contributed by atoms with Crippen molar-refractivity contribution in [3.63, 3.8) is 0 Å². The van der Waals surface area contributed by atoms with Crippen molar-refractivity contribution in [2.45, 2.75) is 57.7 Å². The molecule has 0 spiro atoms. The summed E-state index contributed by atoms with van der Waals surface area (Å²) in [4.78, 5) is 22.2. The molecule has 206 valence electrons. The number of alkyl halides is 3. The number of nitrogens with one attached hydrogen (secondary N) is 2. The standard InChI is InChI=1S/C27H28FN3O.C2HF3O2/c1-18-15-21(12-13-24(18)28)30-27(32)26(16-19-7-3-2-4-8-19)31-25-14-11-20(17-29)22-9-5-6-10-23(22)25;3-2(4,5)1(6)7/h5-6,9-15,19,26,31H,2-4,7-8,16H2,1H3,(H,30,32);(H,6,7)/t26-;/m0./s1. The number of carboxylic acids is 1. The number of hydrogen-bond donors (Lipinski definition) is 3. The summed E-state index contributed by atoms with van der Waals surface area (Å²) in [5.74, 6) is -2.68. The first-order chi connectivity index (χ1) is 18.5. The predicted molar refractivity (Wildman–Crippen MR) is 141 cm³/mol. The van der Waals surface area contributed by atoms with Crippen LogP contribution < -0.4 is 10.6 Å². The Balaban J connectivity index is 0.000000532. The van der Waals surface area contributed by atoms with Crippen LogP contribution in [0.3, 0.4) is 0 Å². The fourth-order valence-electron chi connectivity index (χ4n) is 4.65. The highest BCUT2D eigenvalue weighted by Crippen LogP contribution is 2.31. The predicted octanol–water partition coefficient (Wildman–Crippen LogP) is 7.18. The van der Waals surface area contributed by atoms with Gasteiger partial charge in [-0.15, -0.1) is 0 Å². The summed E-state index contributed by atoms with van der Waals surface area (Å²) < 4.78 is 45.4. The van der Waals surface area contributed by atoms with Crippen LogP contribution in [0.5, 0.6) is 0 Å². The average molecular weight is 544 g/mol. The van der Waals surface area contributed by atoms with Gasteiger partial charge in [-0.3, -0.25) is 4.79 Å². The molecule has 0 aromatic heterocycles. The third-order valence-electron chi connectivity index (χ3n) is 6.65. The summed E-state index contributed by atoms with van der Waals surface area (Å²) in [6.45, 7) is 1.69. The highest BCUT2D eigenvalue weighted by atomic mass is 19.4. The molecule has 1 atom stereocenters. The van der Waals surface area contributed by atoms with Crippen LogP contribution in [0.4, 0.5) is 28.9 Å². The molecule has 0 unspecified atom stereocenters. The molecule has 0 radical (unpaired) electrons. The number of anilines is 2. The van der Waals surface area contributed by atoms with E-state index in [2.05, 4.69) is 16.7 Å². The monoisotopic (exact) mass is 543 g/mol. The molecule has 0 heterocycles. The van der Waals surface area contributed by atoms with E-state index in [4.69, 9.17) is 9.90 Å². The second kappa shape index (κ2) is 13.1. The first kappa shape index (κ1) is 29.4. The van der Waals surface area contributed by atoms with Crippen LogP contribution >= 0.6 is 0 Å². The van der Waals surface area contributed by atoms with Crippen LogP contribution in [0.2, 0.25) is 0 Å². The van der Waals surface area contributed by atoms with Crippen molar-refractivity contribution in [3.05, 3.63) is 71.5 Å². The lowest BCUT2D eigenvalue weighted by molar-refractivity contribution is -0.192. The van der Waals surface area contributed by atoms with Gasteiger partial charge in [0.05, 0.1) is 11.6 Å². The number of carbonyl (C=O) groups is 2. The van der Waals surface area contributed by atoms with Gasteiger partial charge in [0.2, 0.25) is 5.91 Å². The molecule has 1 fully saturated rings. The van der Waals surface area contributed by atoms with Gasteiger partial charge in [-0.1, -0.05) is 56.4 Å². The number of fused-ring (bicyclic) bond motifs is 1. The van der Waals surface area contributed by atoms with Gasteiger partial charge in [0.1, 0.15) is 11.9 Å². The van der Waals surface area contributed by atoms with Gasteiger partial charge >= 0.3 is 12.1 Å². The lowest BCUT2D eigenvalue weighted by Gasteiger charge is -2.27. The Bertz CT molecular complexity index is 1360. The largest absolute Gasteiger partial charge is 0.490 e. The molecule has 0 bridgehead atoms. The zero-order chi connectivity index (χ0) is 28.6. The maximum absolute atomic E-state index is 13.7. The average Bonchev–Trinajstić information content (AvgIpc) is 2.91. The molecular formula is C29H29F4N3O3. The Morgan fingerprint density at radius 3 is 2.28 bits per heavy atom. The third kappa shape index (κ3) is 8.18. The minimum absolute atomic E-state index is 0.130. The molecule has 39 heavy (non-hydrogen) atoms. The van der Waals surface area contributed by atoms with Crippen LogP contribution in [-0.2, 0) is 9.59 Å². The molecule has 3 N–H and O–H groups in total. The van der Waals surface area contributed by atoms with Gasteiger partial charge in [0.25, 0.3) is 0 Å². The summed E-state index contributed by atoms with van der Waals surface area (Å²) in [6, 6.07) is 17.9. The van der Waals surface area contributed by atoms with E-state index in [0.29, 0.717) is 22.7 Å². The van der Waals surface area contributed by atoms with Crippen LogP contribution in [0.1, 0.15) is 49.7 Å². The summed E-state index contributed by atoms with van der Waals surface area (Å²) in [5, 5.41) is 24.8. The zero-order valence-corrected chi connectivity index (χ0v) is 21.3. The molecule has 1 aliphatic carbocycles. The minimum Gasteiger partial charge on any atom is -0.475 e. The van der Waals surface area contributed by atoms with Gasteiger partial charge in [0, 0.05) is 22.1 Å². The zero-order valence-electron chi connectivity index (χ0n) is 21.3. The lowest BCUT2D eigenvalue weighted by atomic mass is 9.84. The Kier molecular flexibility index (Phi) is 9.88. The van der Waals surface area contributed by atoms with Crippen molar-refractivity contribution in [2.24, 2.45) is 5.92 Å². The van der Waals surface area contributed by atoms with E-state index in [9.17, 15) is 27.6 Å². The first-order valence-electron chi connectivity index (χ1n) is 12.5. The quantitative estimate of drug-likeness (QED) is 0.286. The van der Waals surface area contributed by atoms with E-state index in [1.807, 2.05) is 30.3 Å². The number of amides is 1. The molecule has 3 aromatic carbocycles. The number of halogens is 4. The van der Waals surface area contributed by atoms with E-state index in [-0.39, 0.29) is 11.7 Å². The van der Waals surface area contributed by atoms with Crippen LogP contribution in [0, 0.1) is 30.0 Å². The molecular weight excluding hydrogens is 514 g/mol. The first-order valence-corrected chi connectivity index (χ1v) is 12.5. The minimum atomic E-state index is -5.08. The number of rotatable bonds is 6. The van der Waals surface area contributed by atoms with E-state index in [1.54, 1.807) is 25.1 Å². The smallest absolute Gasteiger partial charge is 0.475 e. The number of nitrogens with zero attached hydrogens (tertiary/aromatic N) is 1. The SMILES string of the molecule is Cc1cc(NC(=O)[C@H](CC2CCCCC2)Nc2ccc(C#N)c3ccccc23)ccc1F.O=C(O)C(F)(F)F. The highest BCUT2D eigenvalue weighted by Gasteiger charge is 2.38. The maximum atomic E-state index is 13.7. The van der Waals surface area contributed by atoms with Crippen LogP contribution in [-0.4, -0.2) is 29.2 Å². The molecule has 1 amide bonds. The van der Waals surface area contributed by atoms with E-state index in [1.165, 1.54) is 25.3 Å². The summed E-state index contributed by atoms with van der Waals surface area (Å²) in [6.07, 6.45) is 1.59. The molecule has 1 saturated carbocycles. The maximum Gasteiger partial charge on any atom is 0.490 e. The van der Waals surface area contributed by atoms with Crippen molar-refractivity contribution in [2.75, 3.05) is 10.6 Å². The van der Waals surface area contributed by atoms with E-state index >= 15 is 0 Å². The topological polar surface area (TPSA) is 102 Å². The number of aliphatic carboxylic acids is 1. The van der Waals surface area contributed by atoms with Gasteiger partial charge in [-0.25, -0.2) is 9.18 Å². The van der Waals surface area contributed by atoms with Gasteiger partial charge in [-0.2, -0.15) is 18.4 Å². The molecule has 10 heteroatoms. The summed E-state index contributed by atoms with van der Waals surface area (Å²) >= 11 is 0. The van der Waals surface area contributed by atoms with Gasteiger partial charge in [-0.05, 0) is 55.2 Å². The molecule has 0 saturated heterocycles. The number of aryl methyl sites for hydroxylation is 1. The fraction of sp³-hybridized carbons (Fsp3) is 0.345. The van der Waals surface area contributed by atoms with Crippen molar-refractivity contribution in [1.29, 1.82) is 5.26 Å². The molecule has 3 aromatic rings. The van der Waals surface area contributed by atoms with Crippen molar-refractivity contribution < 1.29 is 32.3 Å². The number of benzene rings is 3. The second-order valence-electron chi connectivity index (χ2n) is 9.51. The Morgan fingerprint density at radius 2 is 1.69 bits per heavy atom. The van der Waals surface area contributed by atoms with Gasteiger partial charge in [0.15, 0.2) is 0 Å². The van der Waals surface area contributed by atoms with Crippen LogP contribution in [0.25, 0.3) is 10.8 Å². The number of hydrogen-bond acceptors (Lipinski definition) is 4. The number of carboxylic acid groups (broad SMARTS) is 1. The lowest BCUT2D eigenvalue weighted by Crippen LogP contribution is -2.37. The van der Waals surface area contributed by atoms with E-state index < -0.39 is 18.2 Å². The summed E-state index contributed by atoms with van der Waals surface area (Å²) in [7, 11) is 0. The number of nitriles is 1. The molecule has 6 nitrogen and oxygen atoms in total. The molecule has 4 rings (SSSR count). The highest BCUT2D eigenvalue weighted by molar-refractivity contribution is 6.01. The Hall–Kier alpha value is -4.13. The fourth-order valence-corrected chi connectivity index (χ4v) is 4.65. The van der Waals surface area contributed by atoms with Crippen molar-refractivity contribution in [3.8, 4) is 6.07 Å². The van der Waals surface area contributed by atoms with E-state index in [0.717, 1.165) is 35.7 Å². The Labute approximate surface area is 223 Å².